The predicted octanol–water partition coefficient (Wildman–Crippen LogP) is 4.08. The molecule has 3 aromatic rings. The van der Waals surface area contributed by atoms with Crippen LogP contribution in [0, 0.1) is 5.82 Å². The first-order valence-corrected chi connectivity index (χ1v) is 12.8. The monoisotopic (exact) mass is 532 g/mol. The lowest BCUT2D eigenvalue weighted by molar-refractivity contribution is -0.426. The third kappa shape index (κ3) is 4.95. The Kier molecular flexibility index (Phi) is 7.06. The van der Waals surface area contributed by atoms with E-state index in [1.165, 1.54) is 52.7 Å². The molecule has 0 aliphatic carbocycles. The van der Waals surface area contributed by atoms with Gasteiger partial charge in [-0.2, -0.15) is 14.3 Å². The Morgan fingerprint density at radius 2 is 1.74 bits per heavy atom. The van der Waals surface area contributed by atoms with E-state index in [0.717, 1.165) is 15.4 Å². The van der Waals surface area contributed by atoms with E-state index >= 15 is 0 Å². The average Bonchev–Trinajstić information content (AvgIpc) is 3.30. The Balaban J connectivity index is 1.42. The van der Waals surface area contributed by atoms with Gasteiger partial charge in [0.15, 0.2) is 11.8 Å². The van der Waals surface area contributed by atoms with Crippen molar-refractivity contribution in [2.45, 2.75) is 23.6 Å². The lowest BCUT2D eigenvalue weighted by Gasteiger charge is -2.24. The number of thioether (sulfide) groups is 1. The number of anilines is 1. The summed E-state index contributed by atoms with van der Waals surface area (Å²) < 4.78 is 19.7. The van der Waals surface area contributed by atoms with Crippen LogP contribution in [-0.2, 0) is 20.9 Å². The summed E-state index contributed by atoms with van der Waals surface area (Å²) in [5, 5.41) is 2.05. The van der Waals surface area contributed by atoms with Gasteiger partial charge in [0.25, 0.3) is 5.91 Å². The summed E-state index contributed by atoms with van der Waals surface area (Å²) in [6.45, 7) is 1.59. The Labute approximate surface area is 222 Å². The maximum Gasteiger partial charge on any atom is 0.501 e. The van der Waals surface area contributed by atoms with Crippen LogP contribution in [0.3, 0.4) is 0 Å². The minimum absolute atomic E-state index is 0.0495. The van der Waals surface area contributed by atoms with E-state index < -0.39 is 29.0 Å². The van der Waals surface area contributed by atoms with Gasteiger partial charge in [-0.15, -0.1) is 11.8 Å². The average molecular weight is 533 g/mol. The van der Waals surface area contributed by atoms with Crippen LogP contribution in [0.4, 0.5) is 14.9 Å². The summed E-state index contributed by atoms with van der Waals surface area (Å²) >= 11 is 1.33. The molecule has 3 aromatic carbocycles. The van der Waals surface area contributed by atoms with E-state index in [1.807, 2.05) is 24.3 Å². The van der Waals surface area contributed by atoms with Crippen LogP contribution in [0.15, 0.2) is 77.7 Å². The summed E-state index contributed by atoms with van der Waals surface area (Å²) in [5.74, 6) is -1.74. The summed E-state index contributed by atoms with van der Waals surface area (Å²) in [7, 11) is 0. The van der Waals surface area contributed by atoms with Gasteiger partial charge in [-0.25, -0.2) is 14.0 Å². The van der Waals surface area contributed by atoms with Gasteiger partial charge < -0.3 is 10.1 Å². The quantitative estimate of drug-likeness (QED) is 0.364. The molecule has 2 aliphatic heterocycles. The minimum Gasteiger partial charge on any atom is -0.462 e. The Morgan fingerprint density at radius 1 is 1.03 bits per heavy atom. The Bertz CT molecular complexity index is 1470. The van der Waals surface area contributed by atoms with Crippen LogP contribution in [0.5, 0.6) is 0 Å². The van der Waals surface area contributed by atoms with Crippen LogP contribution < -0.4 is 5.32 Å². The molecule has 1 unspecified atom stereocenters. The van der Waals surface area contributed by atoms with Crippen LogP contribution in [0.25, 0.3) is 0 Å². The number of urea groups is 1. The number of nitrogens with one attached hydrogen (secondary N) is 1. The smallest absolute Gasteiger partial charge is 0.462 e. The maximum atomic E-state index is 13.6. The van der Waals surface area contributed by atoms with E-state index in [1.54, 1.807) is 19.1 Å². The first kappa shape index (κ1) is 25.3. The van der Waals surface area contributed by atoms with Gasteiger partial charge in [0.05, 0.1) is 12.2 Å². The molecule has 0 radical (unpaired) electrons. The molecule has 2 aliphatic rings. The topological polar surface area (TPSA) is 95.8 Å². The molecule has 8 nitrogen and oxygen atoms in total. The SMILES string of the molecule is CCOC(=O)c1ccc(NC(=O)C[N+]2=C3c4ccccc4SC3C(=O)N(Cc3ccc(F)cc3)C2=O)cc1. The van der Waals surface area contributed by atoms with Crippen molar-refractivity contribution in [2.24, 2.45) is 0 Å². The van der Waals surface area contributed by atoms with E-state index in [0.29, 0.717) is 22.5 Å². The van der Waals surface area contributed by atoms with Crippen LogP contribution in [-0.4, -0.2) is 57.4 Å². The maximum absolute atomic E-state index is 13.6. The molecular weight excluding hydrogens is 509 g/mol. The minimum atomic E-state index is -0.692. The van der Waals surface area contributed by atoms with Crippen molar-refractivity contribution in [1.82, 2.24) is 4.90 Å². The van der Waals surface area contributed by atoms with Gasteiger partial charge in [-0.3, -0.25) is 4.79 Å². The highest BCUT2D eigenvalue weighted by Gasteiger charge is 2.52. The Morgan fingerprint density at radius 3 is 2.45 bits per heavy atom. The number of fused-ring (bicyclic) bond motifs is 3. The fourth-order valence-corrected chi connectivity index (χ4v) is 5.67. The highest BCUT2D eigenvalue weighted by molar-refractivity contribution is 8.02. The molecule has 1 N–H and O–H groups in total. The second-order valence-electron chi connectivity index (χ2n) is 8.64. The predicted molar refractivity (Wildman–Crippen MR) is 139 cm³/mol. The van der Waals surface area contributed by atoms with Gasteiger partial charge >= 0.3 is 17.9 Å². The molecule has 1 atom stereocenters. The fraction of sp³-hybridized carbons (Fsp3) is 0.179. The number of ether oxygens (including phenoxy) is 1. The molecule has 0 bridgehead atoms. The van der Waals surface area contributed by atoms with Gasteiger partial charge in [0.2, 0.25) is 0 Å². The Hall–Kier alpha value is -4.31. The molecule has 0 saturated carbocycles. The third-order valence-corrected chi connectivity index (χ3v) is 7.41. The van der Waals surface area contributed by atoms with Crippen molar-refractivity contribution in [3.63, 3.8) is 0 Å². The first-order valence-electron chi connectivity index (χ1n) is 11.9. The molecule has 5 rings (SSSR count). The van der Waals surface area contributed by atoms with Gasteiger partial charge in [0.1, 0.15) is 18.1 Å². The van der Waals surface area contributed by atoms with Crippen LogP contribution >= 0.6 is 11.8 Å². The van der Waals surface area contributed by atoms with E-state index in [9.17, 15) is 23.6 Å². The highest BCUT2D eigenvalue weighted by atomic mass is 32.2. The number of nitrogens with zero attached hydrogens (tertiary/aromatic N) is 2. The fourth-order valence-electron chi connectivity index (χ4n) is 4.36. The number of amides is 4. The van der Waals surface area contributed by atoms with E-state index in [4.69, 9.17) is 4.74 Å². The van der Waals surface area contributed by atoms with Crippen molar-refractivity contribution in [3.8, 4) is 0 Å². The largest absolute Gasteiger partial charge is 0.501 e. The number of carbonyl (C=O) groups excluding carboxylic acids is 4. The number of benzene rings is 3. The van der Waals surface area contributed by atoms with Gasteiger partial charge in [0, 0.05) is 16.1 Å². The highest BCUT2D eigenvalue weighted by Crippen LogP contribution is 2.40. The van der Waals surface area contributed by atoms with Gasteiger partial charge in [-0.1, -0.05) is 24.3 Å². The lowest BCUT2D eigenvalue weighted by Crippen LogP contribution is -2.56. The number of esters is 1. The number of halogens is 1. The van der Waals surface area contributed by atoms with E-state index in [2.05, 4.69) is 5.32 Å². The third-order valence-electron chi connectivity index (χ3n) is 6.13. The molecule has 2 heterocycles. The standard InChI is InChI=1S/C28H22FN3O5S/c1-2-37-27(35)18-9-13-20(14-10-18)30-23(33)16-31-24-21-5-3-4-6-22(21)38-25(24)26(34)32(28(31)36)15-17-7-11-19(29)12-8-17/h3-14,25H,2,15-16H2,1H3/p+1. The summed E-state index contributed by atoms with van der Waals surface area (Å²) in [6, 6.07) is 18.5. The molecule has 10 heteroatoms. The number of hydrogen-bond acceptors (Lipinski definition) is 6. The van der Waals surface area contributed by atoms with E-state index in [-0.39, 0.29) is 25.6 Å². The van der Waals surface area contributed by atoms with Crippen molar-refractivity contribution >= 4 is 47.0 Å². The summed E-state index contributed by atoms with van der Waals surface area (Å²) in [4.78, 5) is 54.0. The number of carbonyl (C=O) groups is 4. The zero-order valence-electron chi connectivity index (χ0n) is 20.3. The zero-order valence-corrected chi connectivity index (χ0v) is 21.2. The second-order valence-corrected chi connectivity index (χ2v) is 9.79. The molecule has 4 amide bonds. The van der Waals surface area contributed by atoms with Crippen molar-refractivity contribution in [1.29, 1.82) is 0 Å². The lowest BCUT2D eigenvalue weighted by atomic mass is 10.0. The van der Waals surface area contributed by atoms with Crippen LogP contribution in [0.2, 0.25) is 0 Å². The van der Waals surface area contributed by atoms with Crippen molar-refractivity contribution < 1.29 is 32.9 Å². The number of imide groups is 1. The first-order chi connectivity index (χ1) is 18.4. The molecule has 38 heavy (non-hydrogen) atoms. The second kappa shape index (κ2) is 10.6. The normalized spacial score (nSPS) is 16.3. The zero-order chi connectivity index (χ0) is 26.8. The molecular formula is C28H23FN3O5S+. The van der Waals surface area contributed by atoms with Crippen molar-refractivity contribution in [3.05, 3.63) is 95.3 Å². The number of hydrogen-bond donors (Lipinski definition) is 1. The van der Waals surface area contributed by atoms with Crippen molar-refractivity contribution in [2.75, 3.05) is 18.5 Å². The van der Waals surface area contributed by atoms with Crippen LogP contribution in [0.1, 0.15) is 28.4 Å². The molecule has 0 spiro atoms. The molecule has 0 fully saturated rings. The summed E-state index contributed by atoms with van der Waals surface area (Å²) in [6.07, 6.45) is 0. The molecule has 192 valence electrons. The summed E-state index contributed by atoms with van der Waals surface area (Å²) in [5.41, 5.74) is 2.59. The molecule has 0 saturated heterocycles. The van der Waals surface area contributed by atoms with Gasteiger partial charge in [-0.05, 0) is 61.0 Å². The number of rotatable bonds is 7. The molecule has 0 aromatic heterocycles.